The van der Waals surface area contributed by atoms with Gasteiger partial charge in [0.25, 0.3) is 0 Å². The normalized spacial score (nSPS) is 15.8. The number of aliphatic carboxylic acids is 1. The van der Waals surface area contributed by atoms with Gasteiger partial charge in [-0.2, -0.15) is 0 Å². The van der Waals surface area contributed by atoms with E-state index in [9.17, 15) is 9.59 Å². The number of carboxylic acid groups (broad SMARTS) is 1. The van der Waals surface area contributed by atoms with Gasteiger partial charge in [-0.1, -0.05) is 20.8 Å². The van der Waals surface area contributed by atoms with E-state index in [-0.39, 0.29) is 5.41 Å². The summed E-state index contributed by atoms with van der Waals surface area (Å²) in [6, 6.07) is -1.61. The number of hydrogen-bond donors (Lipinski definition) is 3. The Morgan fingerprint density at radius 1 is 1.36 bits per heavy atom. The van der Waals surface area contributed by atoms with Gasteiger partial charge < -0.3 is 16.2 Å². The van der Waals surface area contributed by atoms with E-state index in [0.717, 1.165) is 0 Å². The van der Waals surface area contributed by atoms with Crippen LogP contribution < -0.4 is 11.1 Å². The van der Waals surface area contributed by atoms with Crippen LogP contribution in [-0.4, -0.2) is 29.1 Å². The van der Waals surface area contributed by atoms with Gasteiger partial charge in [-0.15, -0.1) is 0 Å². The maximum atomic E-state index is 11.4. The zero-order valence-corrected chi connectivity index (χ0v) is 9.00. The Balaban J connectivity index is 4.29. The number of carbonyl (C=O) groups is 2. The number of carboxylic acids is 1. The van der Waals surface area contributed by atoms with Gasteiger partial charge in [0, 0.05) is 0 Å². The van der Waals surface area contributed by atoms with Crippen LogP contribution in [-0.2, 0) is 9.59 Å². The van der Waals surface area contributed by atoms with Gasteiger partial charge in [-0.25, -0.2) is 0 Å². The molecule has 0 spiro atoms. The van der Waals surface area contributed by atoms with Crippen LogP contribution in [0.15, 0.2) is 0 Å². The van der Waals surface area contributed by atoms with Crippen molar-refractivity contribution in [2.45, 2.75) is 39.8 Å². The van der Waals surface area contributed by atoms with E-state index in [1.54, 1.807) is 0 Å². The lowest BCUT2D eigenvalue weighted by Gasteiger charge is -2.26. The summed E-state index contributed by atoms with van der Waals surface area (Å²) < 4.78 is 0. The molecule has 0 aromatic heterocycles. The molecule has 5 heteroatoms. The molecule has 4 N–H and O–H groups in total. The Morgan fingerprint density at radius 2 is 1.79 bits per heavy atom. The molecular formula is C9H18N2O3. The van der Waals surface area contributed by atoms with Gasteiger partial charge in [0.05, 0.1) is 6.04 Å². The molecule has 0 aliphatic carbocycles. The molecule has 0 aromatic rings. The largest absolute Gasteiger partial charge is 0.480 e. The predicted molar refractivity (Wildman–Crippen MR) is 52.7 cm³/mol. The molecule has 0 aromatic carbocycles. The van der Waals surface area contributed by atoms with E-state index in [1.165, 1.54) is 6.92 Å². The summed E-state index contributed by atoms with van der Waals surface area (Å²) in [5.74, 6) is -1.51. The Bertz CT molecular complexity index is 233. The fourth-order valence-electron chi connectivity index (χ4n) is 0.758. The highest BCUT2D eigenvalue weighted by molar-refractivity contribution is 5.87. The third-order valence-corrected chi connectivity index (χ3v) is 1.94. The fourth-order valence-corrected chi connectivity index (χ4v) is 0.758. The molecule has 0 bridgehead atoms. The molecule has 0 radical (unpaired) electrons. The van der Waals surface area contributed by atoms with Gasteiger partial charge in [0.1, 0.15) is 6.04 Å². The number of carbonyl (C=O) groups excluding carboxylic acids is 1. The lowest BCUT2D eigenvalue weighted by molar-refractivity contribution is -0.141. The molecule has 5 nitrogen and oxygen atoms in total. The quantitative estimate of drug-likeness (QED) is 0.598. The number of rotatable bonds is 3. The van der Waals surface area contributed by atoms with Crippen molar-refractivity contribution in [2.75, 3.05) is 0 Å². The first kappa shape index (κ1) is 12.9. The molecule has 2 atom stereocenters. The van der Waals surface area contributed by atoms with Crippen LogP contribution in [0.2, 0.25) is 0 Å². The summed E-state index contributed by atoms with van der Waals surface area (Å²) in [6.45, 7) is 6.86. The van der Waals surface area contributed by atoms with Crippen LogP contribution in [0.1, 0.15) is 27.7 Å². The highest BCUT2D eigenvalue weighted by Crippen LogP contribution is 2.17. The van der Waals surface area contributed by atoms with Crippen molar-refractivity contribution in [1.29, 1.82) is 0 Å². The van der Waals surface area contributed by atoms with E-state index in [4.69, 9.17) is 10.8 Å². The number of nitrogens with one attached hydrogen (secondary N) is 1. The molecule has 14 heavy (non-hydrogen) atoms. The van der Waals surface area contributed by atoms with E-state index >= 15 is 0 Å². The summed E-state index contributed by atoms with van der Waals surface area (Å²) in [6.07, 6.45) is 0. The molecule has 1 amide bonds. The van der Waals surface area contributed by atoms with Gasteiger partial charge in [-0.05, 0) is 12.3 Å². The van der Waals surface area contributed by atoms with Crippen molar-refractivity contribution in [3.8, 4) is 0 Å². The molecule has 0 rings (SSSR count). The number of amides is 1. The van der Waals surface area contributed by atoms with Crippen molar-refractivity contribution in [2.24, 2.45) is 11.1 Å². The molecule has 0 saturated carbocycles. The first-order valence-corrected chi connectivity index (χ1v) is 4.45. The zero-order valence-electron chi connectivity index (χ0n) is 9.00. The molecular weight excluding hydrogens is 184 g/mol. The molecule has 82 valence electrons. The first-order valence-electron chi connectivity index (χ1n) is 4.45. The maximum Gasteiger partial charge on any atom is 0.325 e. The Labute approximate surface area is 83.7 Å². The minimum Gasteiger partial charge on any atom is -0.480 e. The van der Waals surface area contributed by atoms with Crippen molar-refractivity contribution in [1.82, 2.24) is 5.32 Å². The minimum absolute atomic E-state index is 0.373. The molecule has 1 unspecified atom stereocenters. The minimum atomic E-state index is -1.07. The standard InChI is InChI=1S/C9H18N2O3/c1-5(8(13)14)11-7(12)6(10)9(2,3)4/h5-6H,10H2,1-4H3,(H,11,12)(H,13,14)/t5-,6?/m0/s1. The fraction of sp³-hybridized carbons (Fsp3) is 0.778. The second-order valence-corrected chi connectivity index (χ2v) is 4.41. The lowest BCUT2D eigenvalue weighted by Crippen LogP contribution is -2.52. The SMILES string of the molecule is C[C@H](NC(=O)C(N)C(C)(C)C)C(=O)O. The Hall–Kier alpha value is -1.10. The Morgan fingerprint density at radius 3 is 2.07 bits per heavy atom. The predicted octanol–water partition coefficient (Wildman–Crippen LogP) is -0.0509. The van der Waals surface area contributed by atoms with Crippen molar-refractivity contribution < 1.29 is 14.7 Å². The smallest absolute Gasteiger partial charge is 0.325 e. The van der Waals surface area contributed by atoms with Crippen LogP contribution in [0.5, 0.6) is 0 Å². The summed E-state index contributed by atoms with van der Waals surface area (Å²) in [4.78, 5) is 21.9. The highest BCUT2D eigenvalue weighted by Gasteiger charge is 2.29. The van der Waals surface area contributed by atoms with Crippen molar-refractivity contribution in [3.05, 3.63) is 0 Å². The van der Waals surface area contributed by atoms with Gasteiger partial charge in [0.2, 0.25) is 5.91 Å². The van der Waals surface area contributed by atoms with Crippen LogP contribution in [0.3, 0.4) is 0 Å². The van der Waals surface area contributed by atoms with Gasteiger partial charge >= 0.3 is 5.97 Å². The molecule has 0 fully saturated rings. The third kappa shape index (κ3) is 3.74. The van der Waals surface area contributed by atoms with E-state index < -0.39 is 24.0 Å². The Kier molecular flexibility index (Phi) is 4.07. The monoisotopic (exact) mass is 202 g/mol. The highest BCUT2D eigenvalue weighted by atomic mass is 16.4. The molecule has 0 aliphatic heterocycles. The second-order valence-electron chi connectivity index (χ2n) is 4.41. The summed E-state index contributed by atoms with van der Waals surface area (Å²) in [5, 5.41) is 10.9. The van der Waals surface area contributed by atoms with Gasteiger partial charge in [0.15, 0.2) is 0 Å². The van der Waals surface area contributed by atoms with Crippen LogP contribution >= 0.6 is 0 Å². The lowest BCUT2D eigenvalue weighted by atomic mass is 9.87. The summed E-state index contributed by atoms with van der Waals surface area (Å²) in [5.41, 5.74) is 5.27. The number of nitrogens with two attached hydrogens (primary N) is 1. The van der Waals surface area contributed by atoms with Gasteiger partial charge in [-0.3, -0.25) is 9.59 Å². The van der Waals surface area contributed by atoms with E-state index in [0.29, 0.717) is 0 Å². The third-order valence-electron chi connectivity index (χ3n) is 1.94. The van der Waals surface area contributed by atoms with E-state index in [2.05, 4.69) is 5.32 Å². The average Bonchev–Trinajstić information content (AvgIpc) is 2.00. The van der Waals surface area contributed by atoms with Crippen LogP contribution in [0.4, 0.5) is 0 Å². The van der Waals surface area contributed by atoms with E-state index in [1.807, 2.05) is 20.8 Å². The number of hydrogen-bond acceptors (Lipinski definition) is 3. The maximum absolute atomic E-state index is 11.4. The zero-order chi connectivity index (χ0) is 11.5. The van der Waals surface area contributed by atoms with Crippen molar-refractivity contribution in [3.63, 3.8) is 0 Å². The first-order chi connectivity index (χ1) is 6.16. The summed E-state index contributed by atoms with van der Waals surface area (Å²) >= 11 is 0. The van der Waals surface area contributed by atoms with Crippen LogP contribution in [0.25, 0.3) is 0 Å². The summed E-state index contributed by atoms with van der Waals surface area (Å²) in [7, 11) is 0. The molecule has 0 heterocycles. The second kappa shape index (κ2) is 4.41. The van der Waals surface area contributed by atoms with Crippen LogP contribution in [0, 0.1) is 5.41 Å². The topological polar surface area (TPSA) is 92.4 Å². The molecule has 0 saturated heterocycles. The van der Waals surface area contributed by atoms with Crippen molar-refractivity contribution >= 4 is 11.9 Å². The molecule has 0 aliphatic rings. The average molecular weight is 202 g/mol.